The van der Waals surface area contributed by atoms with Gasteiger partial charge >= 0.3 is 0 Å². The van der Waals surface area contributed by atoms with Crippen molar-refractivity contribution in [2.24, 2.45) is 0 Å². The fourth-order valence-electron chi connectivity index (χ4n) is 2.46. The van der Waals surface area contributed by atoms with E-state index in [1.165, 1.54) is 19.3 Å². The zero-order valence-corrected chi connectivity index (χ0v) is 13.1. The minimum absolute atomic E-state index is 0.0268. The number of nitrogens with zero attached hydrogens (tertiary/aromatic N) is 1. The molecule has 0 saturated carbocycles. The largest absolute Gasteiger partial charge is 0.396 e. The lowest BCUT2D eigenvalue weighted by atomic mass is 10.1. The summed E-state index contributed by atoms with van der Waals surface area (Å²) < 4.78 is 0. The summed E-state index contributed by atoms with van der Waals surface area (Å²) in [7, 11) is 0. The number of unbranched alkanes of at least 4 members (excludes halogenated alkanes) is 4. The van der Waals surface area contributed by atoms with Gasteiger partial charge in [-0.1, -0.05) is 32.6 Å². The van der Waals surface area contributed by atoms with Gasteiger partial charge in [0.25, 0.3) is 0 Å². The molecule has 2 amide bonds. The first-order valence-electron chi connectivity index (χ1n) is 8.08. The smallest absolute Gasteiger partial charge is 0.241 e. The number of carbonyl (C=O) groups is 2. The Kier molecular flexibility index (Phi) is 9.01. The van der Waals surface area contributed by atoms with Crippen molar-refractivity contribution in [1.82, 2.24) is 15.5 Å². The molecule has 1 fully saturated rings. The highest BCUT2D eigenvalue weighted by atomic mass is 16.3. The van der Waals surface area contributed by atoms with Crippen LogP contribution in [0.3, 0.4) is 0 Å². The van der Waals surface area contributed by atoms with E-state index in [0.717, 1.165) is 19.4 Å². The minimum atomic E-state index is -0.336. The lowest BCUT2D eigenvalue weighted by Gasteiger charge is -2.30. The van der Waals surface area contributed by atoms with Crippen LogP contribution >= 0.6 is 0 Å². The average molecular weight is 299 g/mol. The molecule has 1 atom stereocenters. The molecule has 6 heteroatoms. The van der Waals surface area contributed by atoms with Crippen molar-refractivity contribution in [3.8, 4) is 0 Å². The maximum Gasteiger partial charge on any atom is 0.241 e. The molecule has 6 nitrogen and oxygen atoms in total. The SMILES string of the molecule is CCCCCCCN(CCCO)C(=O)C1CNC(=O)CN1. The molecule has 0 aromatic heterocycles. The zero-order chi connectivity index (χ0) is 15.5. The molecular formula is C15H29N3O3. The van der Waals surface area contributed by atoms with Crippen molar-refractivity contribution in [3.63, 3.8) is 0 Å². The summed E-state index contributed by atoms with van der Waals surface area (Å²) in [5.74, 6) is -0.0422. The molecule has 3 N–H and O–H groups in total. The third-order valence-electron chi connectivity index (χ3n) is 3.74. The van der Waals surface area contributed by atoms with Crippen LogP contribution in [0, 0.1) is 0 Å². The molecule has 1 unspecified atom stereocenters. The van der Waals surface area contributed by atoms with E-state index in [1.807, 2.05) is 4.90 Å². The van der Waals surface area contributed by atoms with E-state index in [0.29, 0.717) is 19.5 Å². The molecule has 122 valence electrons. The first-order chi connectivity index (χ1) is 10.2. The van der Waals surface area contributed by atoms with Crippen LogP contribution < -0.4 is 10.6 Å². The number of amides is 2. The van der Waals surface area contributed by atoms with E-state index in [9.17, 15) is 9.59 Å². The number of nitrogens with one attached hydrogen (secondary N) is 2. The zero-order valence-electron chi connectivity index (χ0n) is 13.1. The van der Waals surface area contributed by atoms with Gasteiger partial charge in [0, 0.05) is 26.2 Å². The molecule has 0 bridgehead atoms. The predicted octanol–water partition coefficient (Wildman–Crippen LogP) is 0.256. The van der Waals surface area contributed by atoms with Crippen LogP contribution in [0.4, 0.5) is 0 Å². The fraction of sp³-hybridized carbons (Fsp3) is 0.867. The van der Waals surface area contributed by atoms with Gasteiger partial charge in [-0.3, -0.25) is 14.9 Å². The number of carbonyl (C=O) groups excluding carboxylic acids is 2. The monoisotopic (exact) mass is 299 g/mol. The van der Waals surface area contributed by atoms with Crippen molar-refractivity contribution in [2.75, 3.05) is 32.8 Å². The first kappa shape index (κ1) is 17.9. The molecule has 0 spiro atoms. The van der Waals surface area contributed by atoms with Crippen molar-refractivity contribution >= 4 is 11.8 Å². The number of aliphatic hydroxyl groups is 1. The lowest BCUT2D eigenvalue weighted by molar-refractivity contribution is -0.135. The molecule has 1 aliphatic heterocycles. The van der Waals surface area contributed by atoms with Crippen LogP contribution in [-0.4, -0.2) is 60.6 Å². The second-order valence-electron chi connectivity index (χ2n) is 5.55. The summed E-state index contributed by atoms with van der Waals surface area (Å²) in [4.78, 5) is 25.4. The van der Waals surface area contributed by atoms with Crippen LogP contribution in [-0.2, 0) is 9.59 Å². The van der Waals surface area contributed by atoms with Crippen LogP contribution in [0.1, 0.15) is 45.4 Å². The number of hydrogen-bond acceptors (Lipinski definition) is 4. The maximum atomic E-state index is 12.5. The Morgan fingerprint density at radius 2 is 1.95 bits per heavy atom. The van der Waals surface area contributed by atoms with Crippen molar-refractivity contribution < 1.29 is 14.7 Å². The second-order valence-corrected chi connectivity index (χ2v) is 5.55. The predicted molar refractivity (Wildman–Crippen MR) is 81.8 cm³/mol. The molecule has 1 aliphatic rings. The van der Waals surface area contributed by atoms with E-state index in [2.05, 4.69) is 17.6 Å². The van der Waals surface area contributed by atoms with E-state index < -0.39 is 0 Å². The highest BCUT2D eigenvalue weighted by Crippen LogP contribution is 2.06. The normalized spacial score (nSPS) is 18.4. The molecule has 1 heterocycles. The summed E-state index contributed by atoms with van der Waals surface area (Å²) in [6.45, 7) is 4.13. The molecule has 0 aromatic rings. The Morgan fingerprint density at radius 1 is 1.24 bits per heavy atom. The van der Waals surface area contributed by atoms with Crippen LogP contribution in [0.2, 0.25) is 0 Å². The van der Waals surface area contributed by atoms with Gasteiger partial charge in [0.1, 0.15) is 6.04 Å². The summed E-state index contributed by atoms with van der Waals surface area (Å²) in [6.07, 6.45) is 6.37. The van der Waals surface area contributed by atoms with E-state index in [4.69, 9.17) is 5.11 Å². The maximum absolute atomic E-state index is 12.5. The molecule has 1 rings (SSSR count). The van der Waals surface area contributed by atoms with Crippen LogP contribution in [0.15, 0.2) is 0 Å². The van der Waals surface area contributed by atoms with E-state index in [-0.39, 0.29) is 31.0 Å². The van der Waals surface area contributed by atoms with Gasteiger partial charge in [-0.25, -0.2) is 0 Å². The van der Waals surface area contributed by atoms with Gasteiger partial charge in [0.15, 0.2) is 0 Å². The van der Waals surface area contributed by atoms with E-state index in [1.54, 1.807) is 0 Å². The summed E-state index contributed by atoms with van der Waals surface area (Å²) >= 11 is 0. The lowest BCUT2D eigenvalue weighted by Crippen LogP contribution is -2.58. The third kappa shape index (κ3) is 6.91. The van der Waals surface area contributed by atoms with Crippen LogP contribution in [0.5, 0.6) is 0 Å². The van der Waals surface area contributed by atoms with Gasteiger partial charge in [-0.05, 0) is 12.8 Å². The molecular weight excluding hydrogens is 270 g/mol. The van der Waals surface area contributed by atoms with Crippen molar-refractivity contribution in [1.29, 1.82) is 0 Å². The highest BCUT2D eigenvalue weighted by Gasteiger charge is 2.27. The summed E-state index contributed by atoms with van der Waals surface area (Å²) in [5.41, 5.74) is 0. The Bertz CT molecular complexity index is 313. The Hall–Kier alpha value is -1.14. The molecule has 0 aliphatic carbocycles. The Labute approximate surface area is 127 Å². The second kappa shape index (κ2) is 10.6. The number of hydrogen-bond donors (Lipinski definition) is 3. The Morgan fingerprint density at radius 3 is 2.57 bits per heavy atom. The van der Waals surface area contributed by atoms with Crippen LogP contribution in [0.25, 0.3) is 0 Å². The van der Waals surface area contributed by atoms with Gasteiger partial charge in [-0.15, -0.1) is 0 Å². The number of rotatable bonds is 10. The molecule has 0 radical (unpaired) electrons. The fourth-order valence-corrected chi connectivity index (χ4v) is 2.46. The van der Waals surface area contributed by atoms with Crippen molar-refractivity contribution in [3.05, 3.63) is 0 Å². The number of piperazine rings is 1. The minimum Gasteiger partial charge on any atom is -0.396 e. The van der Waals surface area contributed by atoms with Gasteiger partial charge in [-0.2, -0.15) is 0 Å². The average Bonchev–Trinajstić information content (AvgIpc) is 2.50. The highest BCUT2D eigenvalue weighted by molar-refractivity contribution is 5.86. The standard InChI is InChI=1S/C15H29N3O3/c1-2-3-4-5-6-8-18(9-7-10-19)15(21)13-11-17-14(20)12-16-13/h13,16,19H,2-12H2,1H3,(H,17,20). The van der Waals surface area contributed by atoms with Crippen molar-refractivity contribution in [2.45, 2.75) is 51.5 Å². The quantitative estimate of drug-likeness (QED) is 0.505. The molecule has 21 heavy (non-hydrogen) atoms. The van der Waals surface area contributed by atoms with Gasteiger partial charge in [0.05, 0.1) is 6.54 Å². The third-order valence-corrected chi connectivity index (χ3v) is 3.74. The van der Waals surface area contributed by atoms with Gasteiger partial charge in [0.2, 0.25) is 11.8 Å². The first-order valence-corrected chi connectivity index (χ1v) is 8.08. The van der Waals surface area contributed by atoms with Gasteiger partial charge < -0.3 is 15.3 Å². The summed E-state index contributed by atoms with van der Waals surface area (Å²) in [5, 5.41) is 14.7. The number of aliphatic hydroxyl groups excluding tert-OH is 1. The topological polar surface area (TPSA) is 81.7 Å². The van der Waals surface area contributed by atoms with E-state index >= 15 is 0 Å². The molecule has 1 saturated heterocycles. The summed E-state index contributed by atoms with van der Waals surface area (Å²) in [6, 6.07) is -0.336. The Balaban J connectivity index is 2.39. The molecule has 0 aromatic carbocycles.